The second kappa shape index (κ2) is 9.17. The molecule has 1 aromatic carbocycles. The van der Waals surface area contributed by atoms with Crippen molar-refractivity contribution < 1.29 is 23.8 Å². The number of fused-ring (bicyclic) bond motifs is 1. The number of ether oxygens (including phenoxy) is 1. The third-order valence-corrected chi connectivity index (χ3v) is 3.82. The minimum absolute atomic E-state index is 0.0753. The number of Topliss-reactive ketones (excluding diaryl/α,β-unsaturated/α-hetero) is 1. The van der Waals surface area contributed by atoms with Crippen molar-refractivity contribution in [1.82, 2.24) is 0 Å². The number of hydrogen-bond donors (Lipinski definition) is 2. The lowest BCUT2D eigenvalue weighted by molar-refractivity contribution is -0.117. The average molecular weight is 361 g/mol. The molecular weight excluding hydrogens is 337 g/mol. The largest absolute Gasteiger partial charge is 0.507 e. The summed E-state index contributed by atoms with van der Waals surface area (Å²) in [7, 11) is 0. The molecule has 0 aliphatic carbocycles. The fourth-order valence-electron chi connectivity index (χ4n) is 2.65. The molecule has 0 bridgehead atoms. The van der Waals surface area contributed by atoms with Gasteiger partial charge in [0, 0.05) is 30.6 Å². The summed E-state index contributed by atoms with van der Waals surface area (Å²) in [6.45, 7) is 3.86. The highest BCUT2D eigenvalue weighted by molar-refractivity contribution is 5.97. The Morgan fingerprint density at radius 1 is 1.23 bits per heavy atom. The van der Waals surface area contributed by atoms with Crippen molar-refractivity contribution in [2.24, 2.45) is 0 Å². The van der Waals surface area contributed by atoms with Gasteiger partial charge in [0.05, 0.1) is 6.61 Å². The molecule has 0 atom stereocenters. The summed E-state index contributed by atoms with van der Waals surface area (Å²) in [4.78, 5) is 24.0. The summed E-state index contributed by atoms with van der Waals surface area (Å²) in [5.41, 5.74) is 1.30. The van der Waals surface area contributed by atoms with E-state index >= 15 is 0 Å². The van der Waals surface area contributed by atoms with E-state index in [9.17, 15) is 19.1 Å². The van der Waals surface area contributed by atoms with Crippen molar-refractivity contribution in [3.05, 3.63) is 41.2 Å². The number of phenolic OH excluding ortho intramolecular Hbond substituents is 1. The van der Waals surface area contributed by atoms with Crippen molar-refractivity contribution in [2.75, 3.05) is 11.9 Å². The van der Waals surface area contributed by atoms with Gasteiger partial charge in [-0.05, 0) is 44.4 Å². The van der Waals surface area contributed by atoms with Crippen LogP contribution in [-0.4, -0.2) is 29.5 Å². The van der Waals surface area contributed by atoms with E-state index < -0.39 is 17.6 Å². The first kappa shape index (κ1) is 19.7. The van der Waals surface area contributed by atoms with Crippen molar-refractivity contribution in [2.45, 2.75) is 45.6 Å². The van der Waals surface area contributed by atoms with Gasteiger partial charge in [0.15, 0.2) is 11.6 Å². The number of rotatable bonds is 2. The molecule has 1 heterocycles. The first-order valence-electron chi connectivity index (χ1n) is 8.74. The van der Waals surface area contributed by atoms with Crippen molar-refractivity contribution in [3.63, 3.8) is 0 Å². The smallest absolute Gasteiger partial charge is 0.342 e. The lowest BCUT2D eigenvalue weighted by Gasteiger charge is -2.15. The topological polar surface area (TPSA) is 75.6 Å². The molecular formula is C20H24FNO4. The summed E-state index contributed by atoms with van der Waals surface area (Å²) in [5.74, 6) is -2.20. The van der Waals surface area contributed by atoms with Crippen LogP contribution in [0.2, 0.25) is 0 Å². The first-order valence-corrected chi connectivity index (χ1v) is 8.74. The van der Waals surface area contributed by atoms with Crippen LogP contribution >= 0.6 is 0 Å². The second-order valence-corrected chi connectivity index (χ2v) is 6.45. The maximum atomic E-state index is 13.6. The van der Waals surface area contributed by atoms with E-state index in [4.69, 9.17) is 4.74 Å². The maximum absolute atomic E-state index is 13.6. The van der Waals surface area contributed by atoms with Crippen LogP contribution in [0.4, 0.5) is 10.1 Å². The fraction of sp³-hybridized carbons (Fsp3) is 0.400. The predicted molar refractivity (Wildman–Crippen MR) is 98.8 cm³/mol. The molecule has 0 saturated heterocycles. The number of hydrogen-bond acceptors (Lipinski definition) is 5. The van der Waals surface area contributed by atoms with Gasteiger partial charge in [0.25, 0.3) is 0 Å². The number of aromatic hydroxyl groups is 1. The van der Waals surface area contributed by atoms with Crippen LogP contribution in [-0.2, 0) is 9.53 Å². The van der Waals surface area contributed by atoms with Crippen LogP contribution in [0.3, 0.4) is 0 Å². The third kappa shape index (κ3) is 5.44. The van der Waals surface area contributed by atoms with E-state index in [2.05, 4.69) is 5.32 Å². The minimum atomic E-state index is -0.797. The average Bonchev–Trinajstić information content (AvgIpc) is 2.56. The van der Waals surface area contributed by atoms with Crippen LogP contribution in [0.5, 0.6) is 5.75 Å². The minimum Gasteiger partial charge on any atom is -0.507 e. The van der Waals surface area contributed by atoms with Crippen LogP contribution in [0, 0.1) is 0 Å². The van der Waals surface area contributed by atoms with E-state index in [0.29, 0.717) is 24.1 Å². The standard InChI is InChI=1S/C20H24FNO4/c1-13(2)22-15-11-14-7-4-3-5-9-17(23)16(21)8-6-10-26-20(25)19(14)18(24)12-15/h4,7-8,11-13,22,24H,3,5-6,9-10H2,1-2H3/b7-4+,16-8+. The van der Waals surface area contributed by atoms with E-state index in [1.807, 2.05) is 13.8 Å². The Morgan fingerprint density at radius 3 is 2.73 bits per heavy atom. The van der Waals surface area contributed by atoms with Crippen LogP contribution in [0.25, 0.3) is 6.08 Å². The number of anilines is 1. The molecule has 0 spiro atoms. The number of carbonyl (C=O) groups excluding carboxylic acids is 2. The normalized spacial score (nSPS) is 19.8. The Balaban J connectivity index is 2.34. The van der Waals surface area contributed by atoms with Gasteiger partial charge in [0.1, 0.15) is 11.3 Å². The molecule has 5 nitrogen and oxygen atoms in total. The molecule has 0 unspecified atom stereocenters. The Morgan fingerprint density at radius 2 is 2.00 bits per heavy atom. The fourth-order valence-corrected chi connectivity index (χ4v) is 2.65. The monoisotopic (exact) mass is 361 g/mol. The highest BCUT2D eigenvalue weighted by Crippen LogP contribution is 2.29. The summed E-state index contributed by atoms with van der Waals surface area (Å²) in [6.07, 6.45) is 5.92. The Hall–Kier alpha value is -2.63. The van der Waals surface area contributed by atoms with Gasteiger partial charge in [-0.1, -0.05) is 12.2 Å². The number of halogens is 1. The van der Waals surface area contributed by atoms with Crippen molar-refractivity contribution >= 4 is 23.5 Å². The van der Waals surface area contributed by atoms with E-state index in [0.717, 1.165) is 6.08 Å². The zero-order chi connectivity index (χ0) is 19.1. The summed E-state index contributed by atoms with van der Waals surface area (Å²) in [6, 6.07) is 3.41. The highest BCUT2D eigenvalue weighted by atomic mass is 19.1. The number of carbonyl (C=O) groups is 2. The molecule has 0 radical (unpaired) electrons. The number of benzene rings is 1. The number of phenols is 1. The van der Waals surface area contributed by atoms with E-state index in [1.54, 1.807) is 18.2 Å². The van der Waals surface area contributed by atoms with Gasteiger partial charge in [-0.2, -0.15) is 0 Å². The van der Waals surface area contributed by atoms with Gasteiger partial charge in [-0.25, -0.2) is 9.18 Å². The van der Waals surface area contributed by atoms with Crippen LogP contribution in [0.1, 0.15) is 55.5 Å². The lowest BCUT2D eigenvalue weighted by atomic mass is 10.0. The summed E-state index contributed by atoms with van der Waals surface area (Å²) < 4.78 is 18.7. The molecule has 0 aromatic heterocycles. The van der Waals surface area contributed by atoms with Gasteiger partial charge in [-0.15, -0.1) is 0 Å². The Kier molecular flexibility index (Phi) is 6.95. The summed E-state index contributed by atoms with van der Waals surface area (Å²) >= 11 is 0. The lowest BCUT2D eigenvalue weighted by Crippen LogP contribution is -2.12. The molecule has 2 N–H and O–H groups in total. The van der Waals surface area contributed by atoms with Crippen molar-refractivity contribution in [1.29, 1.82) is 0 Å². The first-order chi connectivity index (χ1) is 12.4. The maximum Gasteiger partial charge on any atom is 0.342 e. The SMILES string of the molecule is CC(C)Nc1cc(O)c2c(c1)/C=C/CCCC(=O)/C(F)=C\CCOC2=O. The quantitative estimate of drug-likeness (QED) is 0.765. The molecule has 0 fully saturated rings. The van der Waals surface area contributed by atoms with Gasteiger partial charge in [0.2, 0.25) is 0 Å². The third-order valence-electron chi connectivity index (χ3n) is 3.82. The molecule has 2 rings (SSSR count). The van der Waals surface area contributed by atoms with Gasteiger partial charge >= 0.3 is 5.97 Å². The molecule has 26 heavy (non-hydrogen) atoms. The number of ketones is 1. The molecule has 0 saturated carbocycles. The number of allylic oxidation sites excluding steroid dienone is 2. The molecule has 0 amide bonds. The number of esters is 1. The number of nitrogens with one attached hydrogen (secondary N) is 1. The molecule has 6 heteroatoms. The predicted octanol–water partition coefficient (Wildman–Crippen LogP) is 4.38. The van der Waals surface area contributed by atoms with E-state index in [-0.39, 0.29) is 36.8 Å². The Labute approximate surface area is 152 Å². The highest BCUT2D eigenvalue weighted by Gasteiger charge is 2.19. The van der Waals surface area contributed by atoms with Crippen LogP contribution < -0.4 is 5.32 Å². The number of cyclic esters (lactones) is 1. The molecule has 1 aliphatic rings. The summed E-state index contributed by atoms with van der Waals surface area (Å²) in [5, 5.41) is 13.5. The zero-order valence-electron chi connectivity index (χ0n) is 15.0. The molecule has 140 valence electrons. The van der Waals surface area contributed by atoms with Crippen molar-refractivity contribution in [3.8, 4) is 5.75 Å². The van der Waals surface area contributed by atoms with Gasteiger partial charge in [-0.3, -0.25) is 4.79 Å². The van der Waals surface area contributed by atoms with E-state index in [1.165, 1.54) is 6.07 Å². The van der Waals surface area contributed by atoms with Gasteiger partial charge < -0.3 is 15.2 Å². The Bertz CT molecular complexity index is 738. The molecule has 1 aliphatic heterocycles. The zero-order valence-corrected chi connectivity index (χ0v) is 15.0. The second-order valence-electron chi connectivity index (χ2n) is 6.45. The molecule has 1 aromatic rings. The van der Waals surface area contributed by atoms with Crippen LogP contribution in [0.15, 0.2) is 30.1 Å².